The number of halogens is 1. The molecule has 0 bridgehead atoms. The highest BCUT2D eigenvalue weighted by molar-refractivity contribution is 7.11. The Morgan fingerprint density at radius 3 is 2.68 bits per heavy atom. The number of nitrogens with zero attached hydrogens (tertiary/aromatic N) is 3. The minimum atomic E-state index is -0.508. The first-order valence-corrected chi connectivity index (χ1v) is 8.78. The van der Waals surface area contributed by atoms with Crippen molar-refractivity contribution < 1.29 is 9.53 Å². The van der Waals surface area contributed by atoms with Gasteiger partial charge in [-0.1, -0.05) is 17.7 Å². The lowest BCUT2D eigenvalue weighted by Gasteiger charge is -2.08. The zero-order chi connectivity index (χ0) is 18.4. The molecule has 0 aliphatic rings. The molecule has 0 spiro atoms. The smallest absolute Gasteiger partial charge is 0.407 e. The molecule has 2 rings (SSSR count). The molecule has 8 heteroatoms. The van der Waals surface area contributed by atoms with E-state index in [2.05, 4.69) is 25.2 Å². The number of ether oxygens (including phenoxy) is 1. The van der Waals surface area contributed by atoms with Crippen LogP contribution >= 0.6 is 22.9 Å². The van der Waals surface area contributed by atoms with E-state index in [0.717, 1.165) is 33.3 Å². The van der Waals surface area contributed by atoms with Gasteiger partial charge < -0.3 is 10.1 Å². The van der Waals surface area contributed by atoms with Crippen molar-refractivity contribution in [3.8, 4) is 0 Å². The van der Waals surface area contributed by atoms with Gasteiger partial charge in [-0.3, -0.25) is 0 Å². The van der Waals surface area contributed by atoms with Gasteiger partial charge >= 0.3 is 6.09 Å². The number of methoxy groups -OCH3 is 1. The molecule has 2 aromatic rings. The van der Waals surface area contributed by atoms with Gasteiger partial charge in [-0.05, 0) is 44.0 Å². The van der Waals surface area contributed by atoms with Crippen LogP contribution in [0.1, 0.15) is 35.7 Å². The number of carbonyl (C=O) groups excluding carboxylic acids is 1. The highest BCUT2D eigenvalue weighted by atomic mass is 35.5. The first-order chi connectivity index (χ1) is 11.9. The Labute approximate surface area is 155 Å². The summed E-state index contributed by atoms with van der Waals surface area (Å²) in [5.41, 5.74) is 4.12. The molecule has 1 heterocycles. The lowest BCUT2D eigenvalue weighted by atomic mass is 10.1. The molecule has 0 fully saturated rings. The molecular formula is C17H19ClN4O2S. The molecular weight excluding hydrogens is 360 g/mol. The van der Waals surface area contributed by atoms with E-state index in [1.54, 1.807) is 17.4 Å². The molecule has 0 unspecified atom stereocenters. The van der Waals surface area contributed by atoms with Crippen LogP contribution in [-0.2, 0) is 11.3 Å². The maximum Gasteiger partial charge on any atom is 0.407 e. The maximum absolute atomic E-state index is 11.2. The van der Waals surface area contributed by atoms with Crippen molar-refractivity contribution in [3.05, 3.63) is 50.4 Å². The summed E-state index contributed by atoms with van der Waals surface area (Å²) in [7, 11) is 1.31. The summed E-state index contributed by atoms with van der Waals surface area (Å²) < 4.78 is 4.56. The standard InChI is InChI=1S/C17H19ClN4O2S/c1-10-9-25-16(20-10)12(3)22-21-11(2)13-5-6-15(18)14(7-13)8-19-17(23)24-4/h5-7,9H,8H2,1-4H3,(H,19,23)/b21-11+,22-12+. The van der Waals surface area contributed by atoms with Gasteiger partial charge in [0.1, 0.15) is 5.01 Å². The van der Waals surface area contributed by atoms with Gasteiger partial charge in [-0.25, -0.2) is 9.78 Å². The van der Waals surface area contributed by atoms with Crippen LogP contribution < -0.4 is 5.32 Å². The average molecular weight is 379 g/mol. The first kappa shape index (κ1) is 19.1. The highest BCUT2D eigenvalue weighted by Crippen LogP contribution is 2.18. The van der Waals surface area contributed by atoms with Crippen LogP contribution in [0.4, 0.5) is 4.79 Å². The van der Waals surface area contributed by atoms with Crippen molar-refractivity contribution >= 4 is 40.5 Å². The van der Waals surface area contributed by atoms with E-state index in [1.807, 2.05) is 38.3 Å². The predicted octanol–water partition coefficient (Wildman–Crippen LogP) is 4.19. The number of hydrogen-bond acceptors (Lipinski definition) is 6. The molecule has 1 N–H and O–H groups in total. The first-order valence-electron chi connectivity index (χ1n) is 7.52. The topological polar surface area (TPSA) is 75.9 Å². The number of aromatic nitrogens is 1. The summed E-state index contributed by atoms with van der Waals surface area (Å²) in [4.78, 5) is 15.6. The van der Waals surface area contributed by atoms with E-state index in [-0.39, 0.29) is 6.54 Å². The molecule has 25 heavy (non-hydrogen) atoms. The fraction of sp³-hybridized carbons (Fsp3) is 0.294. The third-order valence-corrected chi connectivity index (χ3v) is 4.79. The third-order valence-electron chi connectivity index (χ3n) is 3.35. The van der Waals surface area contributed by atoms with Crippen molar-refractivity contribution in [2.24, 2.45) is 10.2 Å². The molecule has 6 nitrogen and oxygen atoms in total. The molecule has 1 aromatic carbocycles. The molecule has 0 atom stereocenters. The molecule has 0 saturated carbocycles. The molecule has 0 aliphatic carbocycles. The molecule has 132 valence electrons. The Hall–Kier alpha value is -2.25. The Balaban J connectivity index is 2.18. The minimum Gasteiger partial charge on any atom is -0.453 e. The molecule has 0 aliphatic heterocycles. The van der Waals surface area contributed by atoms with Crippen molar-refractivity contribution in [2.75, 3.05) is 7.11 Å². The van der Waals surface area contributed by atoms with E-state index in [0.29, 0.717) is 5.02 Å². The zero-order valence-electron chi connectivity index (χ0n) is 14.5. The predicted molar refractivity (Wildman–Crippen MR) is 102 cm³/mol. The van der Waals surface area contributed by atoms with E-state index in [1.165, 1.54) is 7.11 Å². The second-order valence-electron chi connectivity index (χ2n) is 5.32. The third kappa shape index (κ3) is 5.37. The Morgan fingerprint density at radius 1 is 1.32 bits per heavy atom. The highest BCUT2D eigenvalue weighted by Gasteiger charge is 2.07. The lowest BCUT2D eigenvalue weighted by molar-refractivity contribution is 0.170. The van der Waals surface area contributed by atoms with Gasteiger partial charge in [-0.15, -0.1) is 11.3 Å². The molecule has 1 amide bonds. The van der Waals surface area contributed by atoms with Crippen molar-refractivity contribution in [3.63, 3.8) is 0 Å². The summed E-state index contributed by atoms with van der Waals surface area (Å²) in [5, 5.41) is 14.5. The van der Waals surface area contributed by atoms with Crippen LogP contribution in [0.2, 0.25) is 5.02 Å². The Bertz CT molecular complexity index is 830. The van der Waals surface area contributed by atoms with Crippen LogP contribution in [0, 0.1) is 6.92 Å². The van der Waals surface area contributed by atoms with Gasteiger partial charge in [-0.2, -0.15) is 10.2 Å². The Kier molecular flexibility index (Phi) is 6.66. The van der Waals surface area contributed by atoms with Gasteiger partial charge in [0.05, 0.1) is 18.5 Å². The fourth-order valence-electron chi connectivity index (χ4n) is 1.95. The Morgan fingerprint density at radius 2 is 2.04 bits per heavy atom. The number of nitrogens with one attached hydrogen (secondary N) is 1. The summed E-state index contributed by atoms with van der Waals surface area (Å²) in [5.74, 6) is 0. The number of aryl methyl sites for hydroxylation is 1. The van der Waals surface area contributed by atoms with E-state index in [4.69, 9.17) is 11.6 Å². The van der Waals surface area contributed by atoms with Gasteiger partial charge in [0.2, 0.25) is 0 Å². The number of carbonyl (C=O) groups is 1. The summed E-state index contributed by atoms with van der Waals surface area (Å²) in [6.45, 7) is 5.96. The zero-order valence-corrected chi connectivity index (χ0v) is 16.0. The van der Waals surface area contributed by atoms with Crippen molar-refractivity contribution in [2.45, 2.75) is 27.3 Å². The monoisotopic (exact) mass is 378 g/mol. The normalized spacial score (nSPS) is 12.2. The van der Waals surface area contributed by atoms with Crippen LogP contribution in [-0.4, -0.2) is 29.6 Å². The summed E-state index contributed by atoms with van der Waals surface area (Å²) >= 11 is 7.71. The van der Waals surface area contributed by atoms with E-state index >= 15 is 0 Å². The van der Waals surface area contributed by atoms with Gasteiger partial charge in [0, 0.05) is 22.6 Å². The summed E-state index contributed by atoms with van der Waals surface area (Å²) in [6.07, 6.45) is -0.508. The maximum atomic E-state index is 11.2. The second-order valence-corrected chi connectivity index (χ2v) is 6.58. The van der Waals surface area contributed by atoms with Crippen LogP contribution in [0.5, 0.6) is 0 Å². The van der Waals surface area contributed by atoms with Gasteiger partial charge in [0.25, 0.3) is 0 Å². The fourth-order valence-corrected chi connectivity index (χ4v) is 2.87. The van der Waals surface area contributed by atoms with Crippen molar-refractivity contribution in [1.82, 2.24) is 10.3 Å². The number of rotatable bonds is 5. The molecule has 0 radical (unpaired) electrons. The number of thiazole rings is 1. The number of amides is 1. The van der Waals surface area contributed by atoms with Crippen LogP contribution in [0.3, 0.4) is 0 Å². The number of alkyl carbamates (subject to hydrolysis) is 1. The largest absolute Gasteiger partial charge is 0.453 e. The van der Waals surface area contributed by atoms with Crippen molar-refractivity contribution in [1.29, 1.82) is 0 Å². The summed E-state index contributed by atoms with van der Waals surface area (Å²) in [6, 6.07) is 5.50. The minimum absolute atomic E-state index is 0.271. The van der Waals surface area contributed by atoms with Gasteiger partial charge in [0.15, 0.2) is 0 Å². The molecule has 1 aromatic heterocycles. The lowest BCUT2D eigenvalue weighted by Crippen LogP contribution is -2.22. The quantitative estimate of drug-likeness (QED) is 0.625. The average Bonchev–Trinajstić information content (AvgIpc) is 3.04. The second kappa shape index (κ2) is 8.73. The number of benzene rings is 1. The van der Waals surface area contributed by atoms with E-state index in [9.17, 15) is 4.79 Å². The molecule has 0 saturated heterocycles. The van der Waals surface area contributed by atoms with Crippen LogP contribution in [0.15, 0.2) is 33.8 Å². The SMILES string of the molecule is COC(=O)NCc1cc(/C(C)=N/N=C(\C)c2nc(C)cs2)ccc1Cl. The number of hydrogen-bond donors (Lipinski definition) is 1. The van der Waals surface area contributed by atoms with E-state index < -0.39 is 6.09 Å². The van der Waals surface area contributed by atoms with Crippen LogP contribution in [0.25, 0.3) is 0 Å².